The number of carbonyl (C=O) groups excluding carboxylic acids is 4. The molecular weight excluding hydrogens is 492 g/mol. The Morgan fingerprint density at radius 3 is 2.28 bits per heavy atom. The molecule has 2 aliphatic heterocycles. The van der Waals surface area contributed by atoms with Gasteiger partial charge in [-0.15, -0.1) is 0 Å². The van der Waals surface area contributed by atoms with E-state index in [2.05, 4.69) is 10.3 Å². The van der Waals surface area contributed by atoms with Gasteiger partial charge in [0, 0.05) is 18.3 Å². The van der Waals surface area contributed by atoms with E-state index in [0.29, 0.717) is 24.9 Å². The topological polar surface area (TPSA) is 99.7 Å². The molecule has 0 aliphatic carbocycles. The molecule has 3 atom stereocenters. The van der Waals surface area contributed by atoms with E-state index in [0.717, 1.165) is 11.1 Å². The Bertz CT molecular complexity index is 1360. The summed E-state index contributed by atoms with van der Waals surface area (Å²) in [5.41, 5.74) is 2.78. The first-order valence-electron chi connectivity index (χ1n) is 13.3. The van der Waals surface area contributed by atoms with Crippen LogP contribution < -0.4 is 5.32 Å². The van der Waals surface area contributed by atoms with Gasteiger partial charge in [-0.3, -0.25) is 24.2 Å². The first kappa shape index (κ1) is 26.3. The molecule has 3 heterocycles. The van der Waals surface area contributed by atoms with Gasteiger partial charge in [0.1, 0.15) is 17.8 Å². The molecule has 2 aliphatic rings. The van der Waals surface area contributed by atoms with Crippen LogP contribution in [0.25, 0.3) is 11.1 Å². The number of hydrogen-bond acceptors (Lipinski definition) is 5. The lowest BCUT2D eigenvalue weighted by Crippen LogP contribution is -2.53. The van der Waals surface area contributed by atoms with E-state index in [1.807, 2.05) is 56.3 Å². The second kappa shape index (κ2) is 11.2. The molecule has 3 amide bonds. The van der Waals surface area contributed by atoms with Gasteiger partial charge in [0.25, 0.3) is 11.8 Å². The highest BCUT2D eigenvalue weighted by molar-refractivity contribution is 6.03. The van der Waals surface area contributed by atoms with Gasteiger partial charge in [-0.25, -0.2) is 0 Å². The molecule has 8 heteroatoms. The quantitative estimate of drug-likeness (QED) is 0.509. The van der Waals surface area contributed by atoms with Crippen molar-refractivity contribution < 1.29 is 19.2 Å². The molecule has 8 nitrogen and oxygen atoms in total. The maximum Gasteiger partial charge on any atom is 0.273 e. The van der Waals surface area contributed by atoms with Gasteiger partial charge >= 0.3 is 0 Å². The molecule has 2 aromatic carbocycles. The van der Waals surface area contributed by atoms with Gasteiger partial charge < -0.3 is 15.1 Å². The van der Waals surface area contributed by atoms with Crippen LogP contribution in [0.1, 0.15) is 47.5 Å². The molecule has 200 valence electrons. The molecule has 39 heavy (non-hydrogen) atoms. The average Bonchev–Trinajstić information content (AvgIpc) is 3.54. The third kappa shape index (κ3) is 5.46. The lowest BCUT2D eigenvalue weighted by molar-refractivity contribution is -0.138. The highest BCUT2D eigenvalue weighted by atomic mass is 16.2. The molecule has 0 saturated carbocycles. The van der Waals surface area contributed by atoms with Crippen LogP contribution in [0.15, 0.2) is 79.0 Å². The lowest BCUT2D eigenvalue weighted by atomic mass is 10.0. The molecule has 0 bridgehead atoms. The first-order valence-corrected chi connectivity index (χ1v) is 13.3. The zero-order chi connectivity index (χ0) is 27.5. The molecule has 0 radical (unpaired) electrons. The number of likely N-dealkylation sites (tertiary alicyclic amines) is 2. The summed E-state index contributed by atoms with van der Waals surface area (Å²) in [7, 11) is 0. The van der Waals surface area contributed by atoms with Crippen LogP contribution in [0, 0.1) is 5.92 Å². The van der Waals surface area contributed by atoms with E-state index in [1.165, 1.54) is 4.90 Å². The molecule has 1 N–H and O–H groups in total. The summed E-state index contributed by atoms with van der Waals surface area (Å²) in [4.78, 5) is 60.3. The zero-order valence-corrected chi connectivity index (χ0v) is 22.1. The van der Waals surface area contributed by atoms with Gasteiger partial charge in [-0.1, -0.05) is 62.4 Å². The highest BCUT2D eigenvalue weighted by Crippen LogP contribution is 2.31. The summed E-state index contributed by atoms with van der Waals surface area (Å²) in [6.45, 7) is 4.27. The monoisotopic (exact) mass is 524 g/mol. The van der Waals surface area contributed by atoms with Crippen LogP contribution in [0.2, 0.25) is 0 Å². The summed E-state index contributed by atoms with van der Waals surface area (Å²) in [5.74, 6) is -0.961. The molecule has 2 saturated heterocycles. The largest absolute Gasteiger partial charge is 0.340 e. The summed E-state index contributed by atoms with van der Waals surface area (Å²) >= 11 is 0. The smallest absolute Gasteiger partial charge is 0.273 e. The summed E-state index contributed by atoms with van der Waals surface area (Å²) in [5, 5.41) is 2.92. The molecule has 5 rings (SSSR count). The zero-order valence-electron chi connectivity index (χ0n) is 22.1. The number of nitrogens with one attached hydrogen (secondary N) is 1. The number of ketones is 1. The molecule has 1 aromatic heterocycles. The van der Waals surface area contributed by atoms with Crippen LogP contribution in [0.4, 0.5) is 0 Å². The lowest BCUT2D eigenvalue weighted by Gasteiger charge is -2.29. The number of aromatic nitrogens is 1. The van der Waals surface area contributed by atoms with Crippen LogP contribution in [-0.2, 0) is 9.59 Å². The standard InChI is InChI=1S/C31H32N4O4/c1-20(2)18-25(33-29(37)23-13-11-22(12-14-23)21-8-4-3-5-9-21)31(39)34-17-15-26-28(34)27(36)19-35(26)30(38)24-10-6-7-16-32-24/h3-14,16,20,25-26,28H,15,17-19H2,1-2H3,(H,33,37). The molecule has 3 unspecified atom stereocenters. The number of amides is 3. The van der Waals surface area contributed by atoms with Crippen LogP contribution in [0.3, 0.4) is 0 Å². The number of fused-ring (bicyclic) bond motifs is 1. The molecular formula is C31H32N4O4. The van der Waals surface area contributed by atoms with Crippen molar-refractivity contribution in [2.45, 2.75) is 44.8 Å². The maximum absolute atomic E-state index is 13.8. The number of pyridine rings is 1. The van der Waals surface area contributed by atoms with Gasteiger partial charge in [0.05, 0.1) is 12.6 Å². The number of nitrogens with zero attached hydrogens (tertiary/aromatic N) is 3. The first-order chi connectivity index (χ1) is 18.8. The maximum atomic E-state index is 13.8. The molecule has 0 spiro atoms. The van der Waals surface area contributed by atoms with Crippen molar-refractivity contribution in [1.82, 2.24) is 20.1 Å². The summed E-state index contributed by atoms with van der Waals surface area (Å²) < 4.78 is 0. The van der Waals surface area contributed by atoms with Crippen LogP contribution in [-0.4, -0.2) is 69.5 Å². The van der Waals surface area contributed by atoms with E-state index in [4.69, 9.17) is 0 Å². The minimum atomic E-state index is -0.779. The van der Waals surface area contributed by atoms with Gasteiger partial charge in [-0.05, 0) is 54.2 Å². The van der Waals surface area contributed by atoms with E-state index in [9.17, 15) is 19.2 Å². The fourth-order valence-electron chi connectivity index (χ4n) is 5.55. The van der Waals surface area contributed by atoms with Gasteiger partial charge in [0.2, 0.25) is 5.91 Å². The number of benzene rings is 2. The van der Waals surface area contributed by atoms with Crippen LogP contribution >= 0.6 is 0 Å². The Kier molecular flexibility index (Phi) is 7.54. The predicted molar refractivity (Wildman–Crippen MR) is 147 cm³/mol. The van der Waals surface area contributed by atoms with Crippen molar-refractivity contribution in [3.63, 3.8) is 0 Å². The van der Waals surface area contributed by atoms with Crippen molar-refractivity contribution in [2.75, 3.05) is 13.1 Å². The van der Waals surface area contributed by atoms with Crippen molar-refractivity contribution in [2.24, 2.45) is 5.92 Å². The third-order valence-electron chi connectivity index (χ3n) is 7.42. The minimum absolute atomic E-state index is 0.0521. The Morgan fingerprint density at radius 1 is 0.923 bits per heavy atom. The SMILES string of the molecule is CC(C)CC(NC(=O)c1ccc(-c2ccccc2)cc1)C(=O)N1CCC2C1C(=O)CN2C(=O)c1ccccn1. The molecule has 2 fully saturated rings. The number of rotatable bonds is 7. The van der Waals surface area contributed by atoms with Crippen molar-refractivity contribution >= 4 is 23.5 Å². The second-order valence-electron chi connectivity index (χ2n) is 10.5. The highest BCUT2D eigenvalue weighted by Gasteiger charge is 2.52. The van der Waals surface area contributed by atoms with Crippen molar-refractivity contribution in [3.05, 3.63) is 90.3 Å². The summed E-state index contributed by atoms with van der Waals surface area (Å²) in [6.07, 6.45) is 2.48. The normalized spacial score (nSPS) is 19.2. The van der Waals surface area contributed by atoms with E-state index >= 15 is 0 Å². The molecule has 3 aromatic rings. The Labute approximate surface area is 228 Å². The Balaban J connectivity index is 1.30. The van der Waals surface area contributed by atoms with E-state index < -0.39 is 18.1 Å². The van der Waals surface area contributed by atoms with E-state index in [-0.39, 0.29) is 41.7 Å². The second-order valence-corrected chi connectivity index (χ2v) is 10.5. The van der Waals surface area contributed by atoms with Gasteiger partial charge in [-0.2, -0.15) is 0 Å². The Hall–Kier alpha value is -4.33. The van der Waals surface area contributed by atoms with Crippen LogP contribution in [0.5, 0.6) is 0 Å². The van der Waals surface area contributed by atoms with Crippen molar-refractivity contribution in [1.29, 1.82) is 0 Å². The fraction of sp³-hybridized carbons (Fsp3) is 0.323. The van der Waals surface area contributed by atoms with Crippen molar-refractivity contribution in [3.8, 4) is 11.1 Å². The minimum Gasteiger partial charge on any atom is -0.340 e. The fourth-order valence-corrected chi connectivity index (χ4v) is 5.55. The van der Waals surface area contributed by atoms with E-state index in [1.54, 1.807) is 41.4 Å². The number of hydrogen-bond donors (Lipinski definition) is 1. The Morgan fingerprint density at radius 2 is 1.62 bits per heavy atom. The number of Topliss-reactive ketones (excluding diaryl/α,β-unsaturated/α-hetero) is 1. The average molecular weight is 525 g/mol. The van der Waals surface area contributed by atoms with Gasteiger partial charge in [0.15, 0.2) is 5.78 Å². The number of carbonyl (C=O) groups is 4. The summed E-state index contributed by atoms with van der Waals surface area (Å²) in [6, 6.07) is 20.4. The predicted octanol–water partition coefficient (Wildman–Crippen LogP) is 3.59. The third-order valence-corrected chi connectivity index (χ3v) is 7.42.